The Morgan fingerprint density at radius 2 is 2.03 bits per heavy atom. The van der Waals surface area contributed by atoms with Crippen molar-refractivity contribution >= 4 is 45.4 Å². The van der Waals surface area contributed by atoms with E-state index in [0.29, 0.717) is 12.5 Å². The van der Waals surface area contributed by atoms with E-state index in [9.17, 15) is 4.79 Å². The van der Waals surface area contributed by atoms with Crippen LogP contribution in [0.5, 0.6) is 5.75 Å². The van der Waals surface area contributed by atoms with Crippen molar-refractivity contribution < 1.29 is 9.53 Å². The molecule has 2 aromatic carbocycles. The molecule has 178 valence electrons. The molecule has 1 aliphatic carbocycles. The van der Waals surface area contributed by atoms with Gasteiger partial charge in [0.25, 0.3) is 0 Å². The van der Waals surface area contributed by atoms with Crippen molar-refractivity contribution in [3.8, 4) is 5.75 Å². The fourth-order valence-corrected chi connectivity index (χ4v) is 6.32. The summed E-state index contributed by atoms with van der Waals surface area (Å²) in [4.78, 5) is 23.8. The number of nitrogens with one attached hydrogen (secondary N) is 1. The summed E-state index contributed by atoms with van der Waals surface area (Å²) in [5, 5.41) is 6.11. The fourth-order valence-electron chi connectivity index (χ4n) is 4.09. The minimum Gasteiger partial charge on any atom is -0.489 e. The lowest BCUT2D eigenvalue weighted by Gasteiger charge is -2.18. The second-order valence-electron chi connectivity index (χ2n) is 8.64. The van der Waals surface area contributed by atoms with E-state index >= 15 is 0 Å². The number of aryl methyl sites for hydroxylation is 1. The molecular weight excluding hydrogens is 476 g/mol. The van der Waals surface area contributed by atoms with Gasteiger partial charge < -0.3 is 4.74 Å². The minimum absolute atomic E-state index is 0.168. The first-order chi connectivity index (χ1) is 17.2. The van der Waals surface area contributed by atoms with Gasteiger partial charge in [-0.15, -0.1) is 11.3 Å². The molecule has 0 unspecified atom stereocenters. The average molecular weight is 503 g/mol. The van der Waals surface area contributed by atoms with Gasteiger partial charge in [0, 0.05) is 10.3 Å². The molecule has 5 rings (SSSR count). The molecule has 2 heterocycles. The lowest BCUT2D eigenvalue weighted by molar-refractivity contribution is -0.118. The molecule has 6 nitrogen and oxygen atoms in total. The summed E-state index contributed by atoms with van der Waals surface area (Å²) in [6.07, 6.45) is 6.58. The number of carbonyl (C=O) groups is 1. The molecule has 8 heteroatoms. The Kier molecular flexibility index (Phi) is 7.39. The standard InChI is InChI=1S/C27H26N4O2S2/c1-18-7-12-22-23(13-18)35-27-25(22)26(28-17-29-27)34-16-24(32)31-30-14-19-8-10-21(11-9-19)33-15-20-5-3-2-4-6-20/h2-6,8-11,14,17-18H,7,12-13,15-16H2,1H3,(H,31,32)/b30-14-/t18-/m1/s1. The number of hydrazone groups is 1. The SMILES string of the molecule is C[C@@H]1CCc2c(sc3ncnc(SCC(=O)N/N=C\c4ccc(OCc5ccccc5)cc4)c23)C1. The molecule has 1 amide bonds. The summed E-state index contributed by atoms with van der Waals surface area (Å²) < 4.78 is 5.80. The Bertz CT molecular complexity index is 1340. The largest absolute Gasteiger partial charge is 0.489 e. The summed E-state index contributed by atoms with van der Waals surface area (Å²) in [7, 11) is 0. The highest BCUT2D eigenvalue weighted by molar-refractivity contribution is 8.00. The number of rotatable bonds is 8. The third-order valence-electron chi connectivity index (χ3n) is 5.93. The fraction of sp³-hybridized carbons (Fsp3) is 0.259. The Balaban J connectivity index is 1.13. The number of thioether (sulfide) groups is 1. The van der Waals surface area contributed by atoms with Crippen LogP contribution in [0.4, 0.5) is 0 Å². The van der Waals surface area contributed by atoms with E-state index < -0.39 is 0 Å². The van der Waals surface area contributed by atoms with E-state index in [0.717, 1.165) is 45.0 Å². The quantitative estimate of drug-likeness (QED) is 0.146. The number of amides is 1. The zero-order valence-electron chi connectivity index (χ0n) is 19.4. The number of carbonyl (C=O) groups excluding carboxylic acids is 1. The summed E-state index contributed by atoms with van der Waals surface area (Å²) in [6, 6.07) is 17.6. The van der Waals surface area contributed by atoms with Crippen LogP contribution >= 0.6 is 23.1 Å². The van der Waals surface area contributed by atoms with Gasteiger partial charge in [0.1, 0.15) is 28.5 Å². The molecule has 0 fully saturated rings. The number of thiophene rings is 1. The number of nitrogens with zero attached hydrogens (tertiary/aromatic N) is 3. The highest BCUT2D eigenvalue weighted by Crippen LogP contribution is 2.40. The topological polar surface area (TPSA) is 76.5 Å². The van der Waals surface area contributed by atoms with Gasteiger partial charge in [-0.25, -0.2) is 15.4 Å². The number of hydrogen-bond donors (Lipinski definition) is 1. The first-order valence-electron chi connectivity index (χ1n) is 11.6. The van der Waals surface area contributed by atoms with Crippen LogP contribution in [0.25, 0.3) is 10.2 Å². The molecule has 2 aromatic heterocycles. The lowest BCUT2D eigenvalue weighted by atomic mass is 9.89. The van der Waals surface area contributed by atoms with Gasteiger partial charge in [0.2, 0.25) is 5.91 Å². The van der Waals surface area contributed by atoms with Gasteiger partial charge in [0.15, 0.2) is 0 Å². The zero-order valence-corrected chi connectivity index (χ0v) is 21.1. The number of ether oxygens (including phenoxy) is 1. The second-order valence-corrected chi connectivity index (χ2v) is 10.7. The van der Waals surface area contributed by atoms with E-state index in [-0.39, 0.29) is 11.7 Å². The van der Waals surface area contributed by atoms with E-state index in [1.54, 1.807) is 23.9 Å². The first-order valence-corrected chi connectivity index (χ1v) is 13.4. The predicted octanol–water partition coefficient (Wildman–Crippen LogP) is 5.64. The molecule has 35 heavy (non-hydrogen) atoms. The lowest BCUT2D eigenvalue weighted by Crippen LogP contribution is -2.19. The average Bonchev–Trinajstić information content (AvgIpc) is 3.25. The van der Waals surface area contributed by atoms with E-state index in [4.69, 9.17) is 4.74 Å². The van der Waals surface area contributed by atoms with Gasteiger partial charge in [-0.1, -0.05) is 49.0 Å². The Morgan fingerprint density at radius 1 is 1.20 bits per heavy atom. The van der Waals surface area contributed by atoms with E-state index in [1.807, 2.05) is 54.6 Å². The van der Waals surface area contributed by atoms with Gasteiger partial charge in [0.05, 0.1) is 12.0 Å². The van der Waals surface area contributed by atoms with Crippen molar-refractivity contribution in [3.05, 3.63) is 82.5 Å². The molecule has 1 atom stereocenters. The third-order valence-corrected chi connectivity index (χ3v) is 8.08. The zero-order chi connectivity index (χ0) is 24.0. The molecule has 0 bridgehead atoms. The maximum absolute atomic E-state index is 12.4. The highest BCUT2D eigenvalue weighted by atomic mass is 32.2. The van der Waals surface area contributed by atoms with Crippen molar-refractivity contribution in [1.82, 2.24) is 15.4 Å². The van der Waals surface area contributed by atoms with Crippen molar-refractivity contribution in [2.75, 3.05) is 5.75 Å². The molecule has 0 saturated heterocycles. The highest BCUT2D eigenvalue weighted by Gasteiger charge is 2.23. The van der Waals surface area contributed by atoms with Crippen molar-refractivity contribution in [2.45, 2.75) is 37.8 Å². The Morgan fingerprint density at radius 3 is 2.86 bits per heavy atom. The second kappa shape index (κ2) is 11.0. The van der Waals surface area contributed by atoms with Crippen LogP contribution < -0.4 is 10.2 Å². The van der Waals surface area contributed by atoms with Gasteiger partial charge in [-0.05, 0) is 66.1 Å². The van der Waals surface area contributed by atoms with Gasteiger partial charge in [-0.2, -0.15) is 5.10 Å². The minimum atomic E-state index is -0.168. The number of aromatic nitrogens is 2. The van der Waals surface area contributed by atoms with Gasteiger partial charge in [-0.3, -0.25) is 4.79 Å². The molecule has 0 radical (unpaired) electrons. The van der Waals surface area contributed by atoms with Crippen molar-refractivity contribution in [3.63, 3.8) is 0 Å². The molecule has 4 aromatic rings. The summed E-state index contributed by atoms with van der Waals surface area (Å²) in [5.74, 6) is 1.57. The third kappa shape index (κ3) is 5.89. The Labute approximate surface area is 212 Å². The molecule has 1 N–H and O–H groups in total. The maximum Gasteiger partial charge on any atom is 0.250 e. The molecule has 1 aliphatic rings. The number of hydrogen-bond acceptors (Lipinski definition) is 7. The monoisotopic (exact) mass is 502 g/mol. The van der Waals surface area contributed by atoms with Crippen LogP contribution in [0.1, 0.15) is 34.9 Å². The molecule has 0 aliphatic heterocycles. The van der Waals surface area contributed by atoms with Crippen molar-refractivity contribution in [1.29, 1.82) is 0 Å². The molecular formula is C27H26N4O2S2. The Hall–Kier alpha value is -3.23. The van der Waals surface area contributed by atoms with Gasteiger partial charge >= 0.3 is 0 Å². The molecule has 0 saturated carbocycles. The number of benzene rings is 2. The van der Waals surface area contributed by atoms with Crippen molar-refractivity contribution in [2.24, 2.45) is 11.0 Å². The van der Waals surface area contributed by atoms with Crippen LogP contribution in [0, 0.1) is 5.92 Å². The molecule has 0 spiro atoms. The smallest absolute Gasteiger partial charge is 0.250 e. The summed E-state index contributed by atoms with van der Waals surface area (Å²) in [6.45, 7) is 2.82. The van der Waals surface area contributed by atoms with E-state index in [1.165, 1.54) is 28.6 Å². The van der Waals surface area contributed by atoms with Crippen LogP contribution in [-0.2, 0) is 24.2 Å². The summed E-state index contributed by atoms with van der Waals surface area (Å²) in [5.41, 5.74) is 5.98. The van der Waals surface area contributed by atoms with Crippen LogP contribution in [0.15, 0.2) is 71.1 Å². The number of fused-ring (bicyclic) bond motifs is 3. The van der Waals surface area contributed by atoms with E-state index in [2.05, 4.69) is 27.4 Å². The normalized spacial score (nSPS) is 15.3. The van der Waals surface area contributed by atoms with Crippen LogP contribution in [0.2, 0.25) is 0 Å². The predicted molar refractivity (Wildman–Crippen MR) is 142 cm³/mol. The first kappa shape index (κ1) is 23.5. The summed E-state index contributed by atoms with van der Waals surface area (Å²) >= 11 is 3.21. The van der Waals surface area contributed by atoms with Crippen LogP contribution in [-0.4, -0.2) is 27.8 Å². The maximum atomic E-state index is 12.4. The van der Waals surface area contributed by atoms with Crippen LogP contribution in [0.3, 0.4) is 0 Å².